The van der Waals surface area contributed by atoms with Crippen molar-refractivity contribution in [2.75, 3.05) is 13.2 Å². The zero-order chi connectivity index (χ0) is 20.8. The van der Waals surface area contributed by atoms with Crippen LogP contribution in [-0.2, 0) is 0 Å². The lowest BCUT2D eigenvalue weighted by molar-refractivity contribution is -0.479. The lowest BCUT2D eigenvalue weighted by atomic mass is 10.1. The third-order valence-electron chi connectivity index (χ3n) is 4.02. The first-order chi connectivity index (χ1) is 14.0. The minimum Gasteiger partial charge on any atom is -0.481 e. The summed E-state index contributed by atoms with van der Waals surface area (Å²) in [5.74, 6) is 3.68. The van der Waals surface area contributed by atoms with Crippen molar-refractivity contribution in [1.29, 1.82) is 0 Å². The monoisotopic (exact) mass is 428 g/mol. The number of ether oxygens (including phenoxy) is 1. The number of nitro groups is 1. The van der Waals surface area contributed by atoms with E-state index in [1.807, 2.05) is 23.6 Å². The van der Waals surface area contributed by atoms with Crippen LogP contribution >= 0.6 is 23.4 Å². The van der Waals surface area contributed by atoms with Crippen LogP contribution in [0, 0.1) is 29.4 Å². The van der Waals surface area contributed by atoms with E-state index in [0.29, 0.717) is 21.8 Å². The van der Waals surface area contributed by atoms with Crippen molar-refractivity contribution < 1.29 is 9.66 Å². The third kappa shape index (κ3) is 5.28. The third-order valence-corrected chi connectivity index (χ3v) is 5.45. The number of rotatable bonds is 8. The van der Waals surface area contributed by atoms with Crippen molar-refractivity contribution >= 4 is 23.4 Å². The Labute approximate surface area is 177 Å². The van der Waals surface area contributed by atoms with Crippen LogP contribution in [0.3, 0.4) is 0 Å². The summed E-state index contributed by atoms with van der Waals surface area (Å²) in [7, 11) is 0. The summed E-state index contributed by atoms with van der Waals surface area (Å²) in [6.07, 6.45) is 5.19. The van der Waals surface area contributed by atoms with Gasteiger partial charge < -0.3 is 4.74 Å². The molecule has 0 fully saturated rings. The molecule has 1 atom stereocenters. The molecule has 1 aromatic heterocycles. The van der Waals surface area contributed by atoms with E-state index >= 15 is 0 Å². The van der Waals surface area contributed by atoms with Crippen LogP contribution in [0.15, 0.2) is 53.7 Å². The first-order valence-electron chi connectivity index (χ1n) is 8.60. The van der Waals surface area contributed by atoms with E-state index in [2.05, 4.69) is 16.1 Å². The molecule has 0 N–H and O–H groups in total. The fourth-order valence-electron chi connectivity index (χ4n) is 2.68. The molecule has 3 rings (SSSR count). The Morgan fingerprint density at radius 2 is 1.93 bits per heavy atom. The molecule has 0 unspecified atom stereocenters. The lowest BCUT2D eigenvalue weighted by Gasteiger charge is -2.15. The standard InChI is InChI=1S/C20H17ClN4O3S/c1-3-12-28-18-10-4-15(5-11-18)19(13-24(26)27)29-20-23-22-14(2)25(20)17-8-6-16(21)7-9-17/h1,4-11,19H,12-13H2,2H3/t19-/m0/s1. The summed E-state index contributed by atoms with van der Waals surface area (Å²) in [6, 6.07) is 14.3. The van der Waals surface area contributed by atoms with Gasteiger partial charge in [0, 0.05) is 15.6 Å². The molecule has 1 heterocycles. The van der Waals surface area contributed by atoms with Gasteiger partial charge in [-0.3, -0.25) is 14.7 Å². The molecule has 2 aromatic carbocycles. The minimum atomic E-state index is -0.457. The summed E-state index contributed by atoms with van der Waals surface area (Å²) < 4.78 is 7.21. The van der Waals surface area contributed by atoms with Gasteiger partial charge in [-0.25, -0.2) is 0 Å². The molecule has 7 nitrogen and oxygen atoms in total. The number of nitrogens with zero attached hydrogens (tertiary/aromatic N) is 4. The lowest BCUT2D eigenvalue weighted by Crippen LogP contribution is -2.11. The predicted molar refractivity (Wildman–Crippen MR) is 112 cm³/mol. The zero-order valence-electron chi connectivity index (χ0n) is 15.5. The van der Waals surface area contributed by atoms with Crippen molar-refractivity contribution in [3.8, 4) is 23.8 Å². The second kappa shape index (κ2) is 9.45. The van der Waals surface area contributed by atoms with Crippen molar-refractivity contribution in [3.63, 3.8) is 0 Å². The highest BCUT2D eigenvalue weighted by molar-refractivity contribution is 7.99. The number of hydrogen-bond acceptors (Lipinski definition) is 6. The quantitative estimate of drug-likeness (QED) is 0.229. The fraction of sp³-hybridized carbons (Fsp3) is 0.200. The number of halogens is 1. The van der Waals surface area contributed by atoms with Crippen LogP contribution in [0.4, 0.5) is 0 Å². The van der Waals surface area contributed by atoms with E-state index in [0.717, 1.165) is 11.3 Å². The zero-order valence-corrected chi connectivity index (χ0v) is 17.1. The summed E-state index contributed by atoms with van der Waals surface area (Å²) in [4.78, 5) is 10.9. The molecule has 0 saturated heterocycles. The number of thioether (sulfide) groups is 1. The molecular weight excluding hydrogens is 412 g/mol. The first-order valence-corrected chi connectivity index (χ1v) is 9.86. The Balaban J connectivity index is 1.89. The van der Waals surface area contributed by atoms with Gasteiger partial charge in [-0.1, -0.05) is 41.4 Å². The number of benzene rings is 2. The van der Waals surface area contributed by atoms with Gasteiger partial charge in [0.15, 0.2) is 5.16 Å². The summed E-state index contributed by atoms with van der Waals surface area (Å²) in [5.41, 5.74) is 1.61. The largest absolute Gasteiger partial charge is 0.481 e. The Morgan fingerprint density at radius 1 is 1.24 bits per heavy atom. The molecule has 3 aromatic rings. The highest BCUT2D eigenvalue weighted by atomic mass is 35.5. The van der Waals surface area contributed by atoms with E-state index in [4.69, 9.17) is 22.8 Å². The highest BCUT2D eigenvalue weighted by Crippen LogP contribution is 2.36. The van der Waals surface area contributed by atoms with E-state index in [1.165, 1.54) is 11.8 Å². The minimum absolute atomic E-state index is 0.163. The van der Waals surface area contributed by atoms with Crippen molar-refractivity contribution in [2.45, 2.75) is 17.3 Å². The predicted octanol–water partition coefficient (Wildman–Crippen LogP) is 4.35. The first kappa shape index (κ1) is 20.7. The molecule has 0 amide bonds. The number of terminal acetylenes is 1. The van der Waals surface area contributed by atoms with Crippen molar-refractivity contribution in [3.05, 3.63) is 75.1 Å². The van der Waals surface area contributed by atoms with E-state index in [-0.39, 0.29) is 18.1 Å². The van der Waals surface area contributed by atoms with E-state index in [9.17, 15) is 10.1 Å². The van der Waals surface area contributed by atoms with Crippen LogP contribution < -0.4 is 4.74 Å². The maximum Gasteiger partial charge on any atom is 0.220 e. The van der Waals surface area contributed by atoms with Gasteiger partial charge in [0.2, 0.25) is 6.54 Å². The molecular formula is C20H17ClN4O3S. The number of aryl methyl sites for hydroxylation is 1. The van der Waals surface area contributed by atoms with Gasteiger partial charge in [-0.15, -0.1) is 16.6 Å². The van der Waals surface area contributed by atoms with E-state index in [1.54, 1.807) is 36.4 Å². The Kier molecular flexibility index (Phi) is 6.75. The normalized spacial score (nSPS) is 11.6. The van der Waals surface area contributed by atoms with Gasteiger partial charge in [-0.05, 0) is 48.9 Å². The average Bonchev–Trinajstić information content (AvgIpc) is 3.07. The maximum atomic E-state index is 11.3. The second-order valence-electron chi connectivity index (χ2n) is 6.03. The highest BCUT2D eigenvalue weighted by Gasteiger charge is 2.23. The molecule has 0 radical (unpaired) electrons. The van der Waals surface area contributed by atoms with Crippen molar-refractivity contribution in [2.24, 2.45) is 0 Å². The SMILES string of the molecule is C#CCOc1ccc([C@H](C[N+](=O)[O-])Sc2nnc(C)n2-c2ccc(Cl)cc2)cc1. The van der Waals surface area contributed by atoms with Crippen LogP contribution in [0.2, 0.25) is 5.02 Å². The summed E-state index contributed by atoms with van der Waals surface area (Å²) in [6.45, 7) is 1.73. The van der Waals surface area contributed by atoms with Gasteiger partial charge in [0.05, 0.1) is 0 Å². The maximum absolute atomic E-state index is 11.3. The van der Waals surface area contributed by atoms with Crippen LogP contribution in [0.1, 0.15) is 16.6 Å². The number of hydrogen-bond donors (Lipinski definition) is 0. The van der Waals surface area contributed by atoms with Crippen molar-refractivity contribution in [1.82, 2.24) is 14.8 Å². The molecule has 0 aliphatic rings. The molecule has 0 saturated carbocycles. The molecule has 29 heavy (non-hydrogen) atoms. The Morgan fingerprint density at radius 3 is 2.55 bits per heavy atom. The van der Waals surface area contributed by atoms with Gasteiger partial charge >= 0.3 is 0 Å². The molecule has 9 heteroatoms. The van der Waals surface area contributed by atoms with Crippen LogP contribution in [-0.4, -0.2) is 32.8 Å². The topological polar surface area (TPSA) is 83.1 Å². The molecule has 148 valence electrons. The van der Waals surface area contributed by atoms with E-state index < -0.39 is 5.25 Å². The van der Waals surface area contributed by atoms with Crippen LogP contribution in [0.25, 0.3) is 5.69 Å². The average molecular weight is 429 g/mol. The number of aromatic nitrogens is 3. The second-order valence-corrected chi connectivity index (χ2v) is 7.63. The van der Waals surface area contributed by atoms with Crippen LogP contribution in [0.5, 0.6) is 5.75 Å². The van der Waals surface area contributed by atoms with Gasteiger partial charge in [0.25, 0.3) is 0 Å². The molecule has 0 aliphatic heterocycles. The summed E-state index contributed by atoms with van der Waals surface area (Å²) >= 11 is 7.26. The summed E-state index contributed by atoms with van der Waals surface area (Å²) in [5, 5.41) is 20.3. The van der Waals surface area contributed by atoms with Gasteiger partial charge in [0.1, 0.15) is 23.4 Å². The molecule has 0 bridgehead atoms. The Bertz CT molecular complexity index is 1030. The molecule has 0 aliphatic carbocycles. The van der Waals surface area contributed by atoms with Gasteiger partial charge in [-0.2, -0.15) is 0 Å². The molecule has 0 spiro atoms. The smallest absolute Gasteiger partial charge is 0.220 e. The fourth-order valence-corrected chi connectivity index (χ4v) is 3.98. The Hall–Kier alpha value is -3.02.